The zero-order chi connectivity index (χ0) is 14.5. The van der Waals surface area contributed by atoms with Crippen molar-refractivity contribution in [3.05, 3.63) is 34.9 Å². The molecule has 116 valence electrons. The van der Waals surface area contributed by atoms with Crippen molar-refractivity contribution in [3.63, 3.8) is 0 Å². The Hall–Kier alpha value is -1.30. The molecule has 0 aliphatic carbocycles. The number of piperazine rings is 1. The highest BCUT2D eigenvalue weighted by atomic mass is 35.5. The van der Waals surface area contributed by atoms with Crippen LogP contribution in [0.25, 0.3) is 0 Å². The molecule has 2 amide bonds. The number of hydrogen-bond donors (Lipinski definition) is 2. The lowest BCUT2D eigenvalue weighted by molar-refractivity contribution is -0.135. The highest BCUT2D eigenvalue weighted by molar-refractivity contribution is 6.31. The number of benzene rings is 1. The van der Waals surface area contributed by atoms with Gasteiger partial charge in [-0.3, -0.25) is 9.59 Å². The molecule has 2 N–H and O–H groups in total. The van der Waals surface area contributed by atoms with Crippen molar-refractivity contribution in [2.45, 2.75) is 13.0 Å². The van der Waals surface area contributed by atoms with Crippen LogP contribution in [0, 0.1) is 0 Å². The van der Waals surface area contributed by atoms with Crippen LogP contribution in [0.1, 0.15) is 18.5 Å². The SMILES string of the molecule is CC(=O)NCC(=O)N1CCNCC1c1ccccc1Cl.Cl. The van der Waals surface area contributed by atoms with E-state index in [1.165, 1.54) is 6.92 Å². The van der Waals surface area contributed by atoms with Gasteiger partial charge in [-0.05, 0) is 11.6 Å². The summed E-state index contributed by atoms with van der Waals surface area (Å²) in [6, 6.07) is 7.43. The van der Waals surface area contributed by atoms with E-state index in [2.05, 4.69) is 10.6 Å². The van der Waals surface area contributed by atoms with Crippen molar-refractivity contribution >= 4 is 35.8 Å². The van der Waals surface area contributed by atoms with Gasteiger partial charge in [-0.2, -0.15) is 0 Å². The fourth-order valence-corrected chi connectivity index (χ4v) is 2.59. The van der Waals surface area contributed by atoms with Crippen LogP contribution in [0.5, 0.6) is 0 Å². The van der Waals surface area contributed by atoms with Gasteiger partial charge in [-0.25, -0.2) is 0 Å². The average Bonchev–Trinajstić information content (AvgIpc) is 2.45. The zero-order valence-corrected chi connectivity index (χ0v) is 13.3. The van der Waals surface area contributed by atoms with E-state index < -0.39 is 0 Å². The molecule has 1 aromatic rings. The zero-order valence-electron chi connectivity index (χ0n) is 11.8. The molecule has 1 atom stereocenters. The molecule has 0 saturated carbocycles. The molecule has 5 nitrogen and oxygen atoms in total. The van der Waals surface area contributed by atoms with Gasteiger partial charge >= 0.3 is 0 Å². The van der Waals surface area contributed by atoms with E-state index in [0.29, 0.717) is 18.1 Å². The first-order chi connectivity index (χ1) is 9.59. The third-order valence-corrected chi connectivity index (χ3v) is 3.66. The molecule has 1 aliphatic heterocycles. The number of hydrogen-bond acceptors (Lipinski definition) is 3. The molecule has 1 aliphatic rings. The van der Waals surface area contributed by atoms with Crippen molar-refractivity contribution in [1.29, 1.82) is 0 Å². The smallest absolute Gasteiger partial charge is 0.242 e. The normalized spacial score (nSPS) is 17.8. The highest BCUT2D eigenvalue weighted by Gasteiger charge is 2.28. The van der Waals surface area contributed by atoms with E-state index in [0.717, 1.165) is 12.1 Å². The number of carbonyl (C=O) groups excluding carboxylic acids is 2. The van der Waals surface area contributed by atoms with Gasteiger partial charge in [0.1, 0.15) is 0 Å². The van der Waals surface area contributed by atoms with Crippen LogP contribution in [0.2, 0.25) is 5.02 Å². The Morgan fingerprint density at radius 3 is 2.81 bits per heavy atom. The van der Waals surface area contributed by atoms with Gasteiger partial charge in [0.05, 0.1) is 12.6 Å². The quantitative estimate of drug-likeness (QED) is 0.879. The predicted octanol–water partition coefficient (Wildman–Crippen LogP) is 1.37. The maximum atomic E-state index is 12.2. The Kier molecular flexibility index (Phi) is 6.95. The summed E-state index contributed by atoms with van der Waals surface area (Å²) in [5.41, 5.74) is 0.928. The molecule has 2 rings (SSSR count). The first-order valence-corrected chi connectivity index (χ1v) is 6.96. The first-order valence-electron chi connectivity index (χ1n) is 6.58. The van der Waals surface area contributed by atoms with Crippen molar-refractivity contribution in [1.82, 2.24) is 15.5 Å². The van der Waals surface area contributed by atoms with Gasteiger partial charge < -0.3 is 15.5 Å². The van der Waals surface area contributed by atoms with Gasteiger partial charge in [-0.1, -0.05) is 29.8 Å². The summed E-state index contributed by atoms with van der Waals surface area (Å²) in [6.07, 6.45) is 0. The van der Waals surface area contributed by atoms with Gasteiger partial charge in [-0.15, -0.1) is 12.4 Å². The van der Waals surface area contributed by atoms with Crippen molar-refractivity contribution in [2.75, 3.05) is 26.2 Å². The lowest BCUT2D eigenvalue weighted by Gasteiger charge is -2.37. The van der Waals surface area contributed by atoms with Crippen molar-refractivity contribution in [3.8, 4) is 0 Å². The highest BCUT2D eigenvalue weighted by Crippen LogP contribution is 2.28. The minimum absolute atomic E-state index is 0. The summed E-state index contributed by atoms with van der Waals surface area (Å²) < 4.78 is 0. The van der Waals surface area contributed by atoms with Gasteiger partial charge in [0.2, 0.25) is 11.8 Å². The summed E-state index contributed by atoms with van der Waals surface area (Å²) >= 11 is 6.22. The van der Waals surface area contributed by atoms with Crippen LogP contribution in [0.4, 0.5) is 0 Å². The van der Waals surface area contributed by atoms with E-state index in [-0.39, 0.29) is 36.8 Å². The molecule has 1 heterocycles. The van der Waals surface area contributed by atoms with Crippen LogP contribution in [0.15, 0.2) is 24.3 Å². The molecular weight excluding hydrogens is 313 g/mol. The molecular formula is C14H19Cl2N3O2. The molecule has 0 bridgehead atoms. The van der Waals surface area contributed by atoms with Crippen LogP contribution >= 0.6 is 24.0 Å². The number of nitrogens with zero attached hydrogens (tertiary/aromatic N) is 1. The fraction of sp³-hybridized carbons (Fsp3) is 0.429. The van der Waals surface area contributed by atoms with Crippen LogP contribution < -0.4 is 10.6 Å². The molecule has 1 aromatic carbocycles. The summed E-state index contributed by atoms with van der Waals surface area (Å²) in [4.78, 5) is 24.9. The molecule has 0 aromatic heterocycles. The Balaban J connectivity index is 0.00000220. The Morgan fingerprint density at radius 2 is 2.14 bits per heavy atom. The second-order valence-corrected chi connectivity index (χ2v) is 5.15. The maximum Gasteiger partial charge on any atom is 0.242 e. The van der Waals surface area contributed by atoms with Crippen LogP contribution in [-0.4, -0.2) is 42.9 Å². The number of rotatable bonds is 3. The Labute approximate surface area is 135 Å². The summed E-state index contributed by atoms with van der Waals surface area (Å²) in [6.45, 7) is 3.43. The lowest BCUT2D eigenvalue weighted by Crippen LogP contribution is -2.51. The average molecular weight is 332 g/mol. The van der Waals surface area contributed by atoms with Gasteiger partial charge in [0, 0.05) is 31.6 Å². The second kappa shape index (κ2) is 8.22. The molecule has 0 radical (unpaired) electrons. The molecule has 7 heteroatoms. The first kappa shape index (κ1) is 17.8. The molecule has 1 unspecified atom stereocenters. The number of halogens is 2. The van der Waals surface area contributed by atoms with E-state index in [1.807, 2.05) is 24.3 Å². The van der Waals surface area contributed by atoms with Gasteiger partial charge in [0.15, 0.2) is 0 Å². The van der Waals surface area contributed by atoms with Crippen LogP contribution in [-0.2, 0) is 9.59 Å². The third kappa shape index (κ3) is 4.59. The Morgan fingerprint density at radius 1 is 1.43 bits per heavy atom. The largest absolute Gasteiger partial charge is 0.347 e. The molecule has 21 heavy (non-hydrogen) atoms. The predicted molar refractivity (Wildman–Crippen MR) is 84.7 cm³/mol. The van der Waals surface area contributed by atoms with Crippen molar-refractivity contribution < 1.29 is 9.59 Å². The molecule has 1 fully saturated rings. The van der Waals surface area contributed by atoms with E-state index in [9.17, 15) is 9.59 Å². The standard InChI is InChI=1S/C14H18ClN3O2.ClH/c1-10(19)17-9-14(20)18-7-6-16-8-13(18)11-4-2-3-5-12(11)15;/h2-5,13,16H,6-9H2,1H3,(H,17,19);1H. The van der Waals surface area contributed by atoms with E-state index >= 15 is 0 Å². The monoisotopic (exact) mass is 331 g/mol. The van der Waals surface area contributed by atoms with Crippen LogP contribution in [0.3, 0.4) is 0 Å². The maximum absolute atomic E-state index is 12.2. The number of nitrogens with one attached hydrogen (secondary N) is 2. The summed E-state index contributed by atoms with van der Waals surface area (Å²) in [5, 5.41) is 6.47. The topological polar surface area (TPSA) is 61.4 Å². The van der Waals surface area contributed by atoms with Crippen molar-refractivity contribution in [2.24, 2.45) is 0 Å². The minimum Gasteiger partial charge on any atom is -0.347 e. The third-order valence-electron chi connectivity index (χ3n) is 3.32. The fourth-order valence-electron chi connectivity index (χ4n) is 2.33. The molecule has 0 spiro atoms. The Bertz CT molecular complexity index is 511. The van der Waals surface area contributed by atoms with E-state index in [4.69, 9.17) is 11.6 Å². The van der Waals surface area contributed by atoms with Gasteiger partial charge in [0.25, 0.3) is 0 Å². The number of carbonyl (C=O) groups is 2. The minimum atomic E-state index is -0.206. The number of amides is 2. The molecule has 1 saturated heterocycles. The lowest BCUT2D eigenvalue weighted by atomic mass is 10.0. The second-order valence-electron chi connectivity index (χ2n) is 4.74. The summed E-state index contributed by atoms with van der Waals surface area (Å²) in [7, 11) is 0. The summed E-state index contributed by atoms with van der Waals surface area (Å²) in [5.74, 6) is -0.297. The van der Waals surface area contributed by atoms with E-state index in [1.54, 1.807) is 4.90 Å².